The lowest BCUT2D eigenvalue weighted by Crippen LogP contribution is -2.43. The van der Waals surface area contributed by atoms with E-state index in [4.69, 9.17) is 0 Å². The number of aryl methyl sites for hydroxylation is 1. The van der Waals surface area contributed by atoms with Crippen LogP contribution in [0.1, 0.15) is 33.3 Å². The molecule has 0 bridgehead atoms. The van der Waals surface area contributed by atoms with Gasteiger partial charge in [0.15, 0.2) is 0 Å². The predicted molar refractivity (Wildman–Crippen MR) is 85.5 cm³/mol. The molecule has 0 aromatic heterocycles. The van der Waals surface area contributed by atoms with E-state index in [2.05, 4.69) is 17.6 Å². The minimum atomic E-state index is -0.213. The summed E-state index contributed by atoms with van der Waals surface area (Å²) in [5.74, 6) is -0.0367. The van der Waals surface area contributed by atoms with Gasteiger partial charge in [0.25, 0.3) is 0 Å². The molecule has 3 amide bonds. The molecule has 0 atom stereocenters. The predicted octanol–water partition coefficient (Wildman–Crippen LogP) is 2.31. The smallest absolute Gasteiger partial charge is 0.315 e. The molecule has 0 aliphatic heterocycles. The van der Waals surface area contributed by atoms with E-state index in [1.807, 2.05) is 38.1 Å². The van der Waals surface area contributed by atoms with E-state index >= 15 is 0 Å². The lowest BCUT2D eigenvalue weighted by Gasteiger charge is -2.22. The third-order valence-electron chi connectivity index (χ3n) is 3.08. The molecule has 0 spiro atoms. The lowest BCUT2D eigenvalue weighted by molar-refractivity contribution is -0.116. The van der Waals surface area contributed by atoms with Crippen molar-refractivity contribution in [1.82, 2.24) is 10.6 Å². The lowest BCUT2D eigenvalue weighted by atomic mass is 10.1. The van der Waals surface area contributed by atoms with Crippen LogP contribution in [0.5, 0.6) is 0 Å². The Hall–Kier alpha value is -2.04. The number of nitrogens with zero attached hydrogens (tertiary/aromatic N) is 1. The fourth-order valence-electron chi connectivity index (χ4n) is 1.97. The summed E-state index contributed by atoms with van der Waals surface area (Å²) in [6, 6.07) is 7.79. The molecule has 2 N–H and O–H groups in total. The molecule has 1 aromatic carbocycles. The van der Waals surface area contributed by atoms with E-state index in [0.29, 0.717) is 13.1 Å². The molecule has 1 rings (SSSR count). The van der Waals surface area contributed by atoms with Gasteiger partial charge in [0.05, 0.1) is 0 Å². The van der Waals surface area contributed by atoms with Gasteiger partial charge in [-0.25, -0.2) is 4.79 Å². The van der Waals surface area contributed by atoms with Crippen molar-refractivity contribution in [1.29, 1.82) is 0 Å². The molecule has 0 aliphatic carbocycles. The quantitative estimate of drug-likeness (QED) is 0.845. The first-order valence-corrected chi connectivity index (χ1v) is 7.35. The molecule has 0 saturated carbocycles. The van der Waals surface area contributed by atoms with Gasteiger partial charge in [0.2, 0.25) is 5.91 Å². The van der Waals surface area contributed by atoms with Crippen molar-refractivity contribution in [2.24, 2.45) is 0 Å². The molecule has 0 radical (unpaired) electrons. The third-order valence-corrected chi connectivity index (χ3v) is 3.08. The van der Waals surface area contributed by atoms with Crippen molar-refractivity contribution in [2.45, 2.75) is 40.2 Å². The van der Waals surface area contributed by atoms with E-state index < -0.39 is 0 Å². The fourth-order valence-corrected chi connectivity index (χ4v) is 1.97. The summed E-state index contributed by atoms with van der Waals surface area (Å²) < 4.78 is 0. The first-order valence-electron chi connectivity index (χ1n) is 7.35. The number of hydrogen-bond donors (Lipinski definition) is 2. The van der Waals surface area contributed by atoms with Crippen molar-refractivity contribution < 1.29 is 9.59 Å². The number of carbonyl (C=O) groups excluding carboxylic acids is 2. The number of anilines is 1. The maximum atomic E-state index is 11.7. The number of carbonyl (C=O) groups is 2. The van der Waals surface area contributed by atoms with Crippen LogP contribution >= 0.6 is 0 Å². The van der Waals surface area contributed by atoms with Crippen LogP contribution in [-0.2, 0) is 11.2 Å². The molecule has 21 heavy (non-hydrogen) atoms. The van der Waals surface area contributed by atoms with Gasteiger partial charge < -0.3 is 15.5 Å². The first kappa shape index (κ1) is 17.0. The van der Waals surface area contributed by atoms with Gasteiger partial charge in [0, 0.05) is 31.7 Å². The molecular weight excluding hydrogens is 266 g/mol. The van der Waals surface area contributed by atoms with Gasteiger partial charge in [0.1, 0.15) is 0 Å². The van der Waals surface area contributed by atoms with E-state index in [0.717, 1.165) is 12.1 Å². The zero-order valence-corrected chi connectivity index (χ0v) is 13.3. The van der Waals surface area contributed by atoms with Crippen LogP contribution in [0.3, 0.4) is 0 Å². The Kier molecular flexibility index (Phi) is 6.72. The summed E-state index contributed by atoms with van der Waals surface area (Å²) in [6.07, 6.45) is 0.970. The topological polar surface area (TPSA) is 61.4 Å². The average molecular weight is 291 g/mol. The van der Waals surface area contributed by atoms with Crippen molar-refractivity contribution in [3.8, 4) is 0 Å². The average Bonchev–Trinajstić information content (AvgIpc) is 2.42. The summed E-state index contributed by atoms with van der Waals surface area (Å²) in [4.78, 5) is 24.9. The molecular formula is C16H25N3O2. The third kappa shape index (κ3) is 5.85. The van der Waals surface area contributed by atoms with E-state index in [9.17, 15) is 9.59 Å². The van der Waals surface area contributed by atoms with E-state index in [1.54, 1.807) is 4.90 Å². The van der Waals surface area contributed by atoms with Gasteiger partial charge in [-0.15, -0.1) is 0 Å². The highest BCUT2D eigenvalue weighted by atomic mass is 16.2. The maximum Gasteiger partial charge on any atom is 0.315 e. The van der Waals surface area contributed by atoms with Crippen molar-refractivity contribution >= 4 is 17.6 Å². The molecule has 5 heteroatoms. The Morgan fingerprint density at radius 1 is 1.19 bits per heavy atom. The number of nitrogens with one attached hydrogen (secondary N) is 2. The SMILES string of the molecule is CCc1ccc(N(CCNC(=O)NC(C)C)C(C)=O)cc1. The van der Waals surface area contributed by atoms with Gasteiger partial charge in [-0.3, -0.25) is 4.79 Å². The first-order chi connectivity index (χ1) is 9.93. The van der Waals surface area contributed by atoms with Crippen LogP contribution in [0.25, 0.3) is 0 Å². The monoisotopic (exact) mass is 291 g/mol. The summed E-state index contributed by atoms with van der Waals surface area (Å²) in [5, 5.41) is 5.49. The van der Waals surface area contributed by atoms with Crippen LogP contribution < -0.4 is 15.5 Å². The Morgan fingerprint density at radius 2 is 1.81 bits per heavy atom. The molecule has 0 fully saturated rings. The number of amides is 3. The molecule has 5 nitrogen and oxygen atoms in total. The molecule has 1 aromatic rings. The molecule has 116 valence electrons. The van der Waals surface area contributed by atoms with Crippen LogP contribution in [-0.4, -0.2) is 31.1 Å². The second kappa shape index (κ2) is 8.29. The zero-order chi connectivity index (χ0) is 15.8. The molecule has 0 saturated heterocycles. The Labute approximate surface area is 126 Å². The highest BCUT2D eigenvalue weighted by molar-refractivity contribution is 5.91. The number of rotatable bonds is 6. The number of urea groups is 1. The van der Waals surface area contributed by atoms with Crippen molar-refractivity contribution in [2.75, 3.05) is 18.0 Å². The minimum Gasteiger partial charge on any atom is -0.336 e. The summed E-state index contributed by atoms with van der Waals surface area (Å²) in [7, 11) is 0. The number of benzene rings is 1. The van der Waals surface area contributed by atoms with Crippen molar-refractivity contribution in [3.63, 3.8) is 0 Å². The summed E-state index contributed by atoms with van der Waals surface area (Å²) >= 11 is 0. The van der Waals surface area contributed by atoms with Gasteiger partial charge in [-0.2, -0.15) is 0 Å². The Bertz CT molecular complexity index is 469. The zero-order valence-electron chi connectivity index (χ0n) is 13.3. The molecule has 0 heterocycles. The van der Waals surface area contributed by atoms with Crippen LogP contribution in [0, 0.1) is 0 Å². The Morgan fingerprint density at radius 3 is 2.29 bits per heavy atom. The highest BCUT2D eigenvalue weighted by Crippen LogP contribution is 2.15. The Balaban J connectivity index is 2.57. The normalized spacial score (nSPS) is 10.3. The standard InChI is InChI=1S/C16H25N3O2/c1-5-14-6-8-15(9-7-14)19(13(4)20)11-10-17-16(21)18-12(2)3/h6-9,12H,5,10-11H2,1-4H3,(H2,17,18,21). The van der Waals surface area contributed by atoms with Gasteiger partial charge in [-0.05, 0) is 38.0 Å². The fraction of sp³-hybridized carbons (Fsp3) is 0.500. The number of hydrogen-bond acceptors (Lipinski definition) is 2. The van der Waals surface area contributed by atoms with Crippen molar-refractivity contribution in [3.05, 3.63) is 29.8 Å². The molecule has 0 unspecified atom stereocenters. The minimum absolute atomic E-state index is 0.0367. The van der Waals surface area contributed by atoms with Crippen LogP contribution in [0.15, 0.2) is 24.3 Å². The van der Waals surface area contributed by atoms with Gasteiger partial charge >= 0.3 is 6.03 Å². The second-order valence-electron chi connectivity index (χ2n) is 5.25. The summed E-state index contributed by atoms with van der Waals surface area (Å²) in [5.41, 5.74) is 2.09. The van der Waals surface area contributed by atoms with Gasteiger partial charge in [-0.1, -0.05) is 19.1 Å². The maximum absolute atomic E-state index is 11.7. The van der Waals surface area contributed by atoms with Crippen LogP contribution in [0.4, 0.5) is 10.5 Å². The summed E-state index contributed by atoms with van der Waals surface area (Å²) in [6.45, 7) is 8.28. The van der Waals surface area contributed by atoms with Crippen LogP contribution in [0.2, 0.25) is 0 Å². The highest BCUT2D eigenvalue weighted by Gasteiger charge is 2.11. The second-order valence-corrected chi connectivity index (χ2v) is 5.25. The molecule has 0 aliphatic rings. The van der Waals surface area contributed by atoms with E-state index in [-0.39, 0.29) is 18.0 Å². The largest absolute Gasteiger partial charge is 0.336 e. The van der Waals surface area contributed by atoms with E-state index in [1.165, 1.54) is 12.5 Å².